The first-order valence-electron chi connectivity index (χ1n) is 6.02. The average Bonchev–Trinajstić information content (AvgIpc) is 2.60. The average molecular weight is 246 g/mol. The van der Waals surface area contributed by atoms with Gasteiger partial charge in [-0.15, -0.1) is 0 Å². The van der Waals surface area contributed by atoms with E-state index in [9.17, 15) is 4.79 Å². The number of rotatable bonds is 4. The quantitative estimate of drug-likeness (QED) is 0.867. The summed E-state index contributed by atoms with van der Waals surface area (Å²) in [6, 6.07) is 8.03. The van der Waals surface area contributed by atoms with E-state index in [1.807, 2.05) is 38.2 Å². The molecule has 4 nitrogen and oxygen atoms in total. The number of aromatic nitrogens is 1. The summed E-state index contributed by atoms with van der Waals surface area (Å²) in [5, 5.41) is 10.1. The molecule has 2 aromatic rings. The highest BCUT2D eigenvalue weighted by Gasteiger charge is 2.21. The van der Waals surface area contributed by atoms with Crippen LogP contribution in [-0.2, 0) is 11.8 Å². The number of aryl methyl sites for hydroxylation is 1. The molecule has 4 heteroatoms. The fraction of sp³-hybridized carbons (Fsp3) is 0.357. The molecule has 3 N–H and O–H groups in total. The van der Waals surface area contributed by atoms with Crippen LogP contribution in [0.2, 0.25) is 0 Å². The molecule has 0 aliphatic rings. The molecule has 1 aromatic heterocycles. The summed E-state index contributed by atoms with van der Waals surface area (Å²) in [5.74, 6) is -0.939. The second-order valence-electron chi connectivity index (χ2n) is 4.61. The van der Waals surface area contributed by atoms with E-state index in [0.29, 0.717) is 6.54 Å². The first-order chi connectivity index (χ1) is 8.56. The van der Waals surface area contributed by atoms with Crippen LogP contribution in [0.3, 0.4) is 0 Å². The number of nitrogens with zero attached hydrogens (tertiary/aromatic N) is 1. The maximum atomic E-state index is 10.9. The SMILES string of the molecule is Cc1c(C(CN)CC(=O)O)c2ccccc2n1C. The van der Waals surface area contributed by atoms with Gasteiger partial charge in [-0.3, -0.25) is 4.79 Å². The standard InChI is InChI=1S/C14H18N2O2/c1-9-14(10(8-15)7-13(17)18)11-5-3-4-6-12(11)16(9)2/h3-6,10H,7-8,15H2,1-2H3,(H,17,18). The Morgan fingerprint density at radius 2 is 2.11 bits per heavy atom. The van der Waals surface area contributed by atoms with Crippen LogP contribution in [-0.4, -0.2) is 22.2 Å². The molecule has 1 unspecified atom stereocenters. The largest absolute Gasteiger partial charge is 0.481 e. The van der Waals surface area contributed by atoms with Gasteiger partial charge in [-0.25, -0.2) is 0 Å². The summed E-state index contributed by atoms with van der Waals surface area (Å²) < 4.78 is 2.09. The van der Waals surface area contributed by atoms with Crippen LogP contribution in [0.15, 0.2) is 24.3 Å². The first-order valence-corrected chi connectivity index (χ1v) is 6.02. The highest BCUT2D eigenvalue weighted by molar-refractivity contribution is 5.86. The summed E-state index contributed by atoms with van der Waals surface area (Å²) in [6.45, 7) is 2.36. The number of carbonyl (C=O) groups is 1. The summed E-state index contributed by atoms with van der Waals surface area (Å²) in [7, 11) is 2.00. The Morgan fingerprint density at radius 3 is 2.72 bits per heavy atom. The lowest BCUT2D eigenvalue weighted by Gasteiger charge is -2.13. The molecule has 0 saturated heterocycles. The van der Waals surface area contributed by atoms with Crippen LogP contribution in [0.5, 0.6) is 0 Å². The van der Waals surface area contributed by atoms with Crippen molar-refractivity contribution in [3.8, 4) is 0 Å². The van der Waals surface area contributed by atoms with Gasteiger partial charge in [-0.1, -0.05) is 18.2 Å². The Labute approximate surface area is 106 Å². The van der Waals surface area contributed by atoms with E-state index in [1.165, 1.54) is 0 Å². The Kier molecular flexibility index (Phi) is 3.39. The van der Waals surface area contributed by atoms with Crippen molar-refractivity contribution in [2.24, 2.45) is 12.8 Å². The van der Waals surface area contributed by atoms with Crippen molar-refractivity contribution in [3.63, 3.8) is 0 Å². The number of para-hydroxylation sites is 1. The molecular weight excluding hydrogens is 228 g/mol. The zero-order valence-corrected chi connectivity index (χ0v) is 10.7. The first kappa shape index (κ1) is 12.6. The lowest BCUT2D eigenvalue weighted by atomic mass is 9.93. The Balaban J connectivity index is 2.62. The topological polar surface area (TPSA) is 68.2 Å². The minimum atomic E-state index is -0.808. The van der Waals surface area contributed by atoms with Gasteiger partial charge in [-0.05, 0) is 25.1 Å². The van der Waals surface area contributed by atoms with Crippen molar-refractivity contribution in [2.75, 3.05) is 6.54 Å². The third-order valence-electron chi connectivity index (χ3n) is 3.56. The van der Waals surface area contributed by atoms with E-state index in [2.05, 4.69) is 4.57 Å². The van der Waals surface area contributed by atoms with Gasteiger partial charge < -0.3 is 15.4 Å². The van der Waals surface area contributed by atoms with Gasteiger partial charge in [0, 0.05) is 29.6 Å². The van der Waals surface area contributed by atoms with Crippen LogP contribution in [0, 0.1) is 6.92 Å². The number of hydrogen-bond acceptors (Lipinski definition) is 2. The Bertz CT molecular complexity index is 587. The number of carboxylic acids is 1. The minimum absolute atomic E-state index is 0.0747. The van der Waals surface area contributed by atoms with E-state index >= 15 is 0 Å². The lowest BCUT2D eigenvalue weighted by molar-refractivity contribution is -0.137. The summed E-state index contributed by atoms with van der Waals surface area (Å²) in [5.41, 5.74) is 9.03. The van der Waals surface area contributed by atoms with Crippen LogP contribution < -0.4 is 5.73 Å². The third-order valence-corrected chi connectivity index (χ3v) is 3.56. The molecule has 96 valence electrons. The van der Waals surface area contributed by atoms with Crippen molar-refractivity contribution < 1.29 is 9.90 Å². The normalized spacial score (nSPS) is 12.8. The molecule has 0 radical (unpaired) electrons. The molecule has 1 heterocycles. The molecule has 0 spiro atoms. The molecule has 0 bridgehead atoms. The van der Waals surface area contributed by atoms with Gasteiger partial charge in [0.25, 0.3) is 0 Å². The van der Waals surface area contributed by atoms with Gasteiger partial charge in [0.2, 0.25) is 0 Å². The Morgan fingerprint density at radius 1 is 1.44 bits per heavy atom. The predicted molar refractivity (Wildman–Crippen MR) is 71.7 cm³/mol. The highest BCUT2D eigenvalue weighted by Crippen LogP contribution is 2.32. The zero-order chi connectivity index (χ0) is 13.3. The molecule has 18 heavy (non-hydrogen) atoms. The Hall–Kier alpha value is -1.81. The molecule has 0 aliphatic carbocycles. The summed E-state index contributed by atoms with van der Waals surface area (Å²) in [4.78, 5) is 10.9. The molecule has 0 saturated carbocycles. The number of nitrogens with two attached hydrogens (primary N) is 1. The van der Waals surface area contributed by atoms with Gasteiger partial charge in [-0.2, -0.15) is 0 Å². The predicted octanol–water partition coefficient (Wildman–Crippen LogP) is 2.00. The molecule has 1 atom stereocenters. The molecule has 0 fully saturated rings. The smallest absolute Gasteiger partial charge is 0.304 e. The van der Waals surface area contributed by atoms with Crippen molar-refractivity contribution in [2.45, 2.75) is 19.3 Å². The van der Waals surface area contributed by atoms with Crippen molar-refractivity contribution in [1.82, 2.24) is 4.57 Å². The number of aliphatic carboxylic acids is 1. The number of carboxylic acid groups (broad SMARTS) is 1. The summed E-state index contributed by atoms with van der Waals surface area (Å²) in [6.07, 6.45) is 0.0747. The maximum absolute atomic E-state index is 10.9. The van der Waals surface area contributed by atoms with E-state index in [4.69, 9.17) is 10.8 Å². The van der Waals surface area contributed by atoms with Crippen LogP contribution >= 0.6 is 0 Å². The molecule has 1 aromatic carbocycles. The van der Waals surface area contributed by atoms with E-state index in [0.717, 1.165) is 22.2 Å². The second-order valence-corrected chi connectivity index (χ2v) is 4.61. The van der Waals surface area contributed by atoms with Gasteiger partial charge >= 0.3 is 5.97 Å². The maximum Gasteiger partial charge on any atom is 0.304 e. The van der Waals surface area contributed by atoms with Crippen molar-refractivity contribution in [1.29, 1.82) is 0 Å². The van der Waals surface area contributed by atoms with Crippen LogP contribution in [0.1, 0.15) is 23.6 Å². The van der Waals surface area contributed by atoms with Gasteiger partial charge in [0.1, 0.15) is 0 Å². The van der Waals surface area contributed by atoms with E-state index in [1.54, 1.807) is 0 Å². The number of benzene rings is 1. The molecular formula is C14H18N2O2. The second kappa shape index (κ2) is 4.82. The summed E-state index contributed by atoms with van der Waals surface area (Å²) >= 11 is 0. The van der Waals surface area contributed by atoms with E-state index < -0.39 is 5.97 Å². The van der Waals surface area contributed by atoms with Crippen LogP contribution in [0.25, 0.3) is 10.9 Å². The zero-order valence-electron chi connectivity index (χ0n) is 10.7. The van der Waals surface area contributed by atoms with Crippen molar-refractivity contribution in [3.05, 3.63) is 35.5 Å². The third kappa shape index (κ3) is 1.99. The monoisotopic (exact) mass is 246 g/mol. The molecule has 0 amide bonds. The number of fused-ring (bicyclic) bond motifs is 1. The molecule has 0 aliphatic heterocycles. The van der Waals surface area contributed by atoms with Gasteiger partial charge in [0.15, 0.2) is 0 Å². The van der Waals surface area contributed by atoms with Gasteiger partial charge in [0.05, 0.1) is 6.42 Å². The highest BCUT2D eigenvalue weighted by atomic mass is 16.4. The number of hydrogen-bond donors (Lipinski definition) is 2. The fourth-order valence-electron chi connectivity index (χ4n) is 2.58. The lowest BCUT2D eigenvalue weighted by Crippen LogP contribution is -2.17. The van der Waals surface area contributed by atoms with E-state index in [-0.39, 0.29) is 12.3 Å². The fourth-order valence-corrected chi connectivity index (χ4v) is 2.58. The van der Waals surface area contributed by atoms with Crippen molar-refractivity contribution >= 4 is 16.9 Å². The molecule has 2 rings (SSSR count). The minimum Gasteiger partial charge on any atom is -0.481 e. The van der Waals surface area contributed by atoms with Crippen LogP contribution in [0.4, 0.5) is 0 Å².